The van der Waals surface area contributed by atoms with Gasteiger partial charge in [-0.1, -0.05) is 0 Å². The third-order valence-corrected chi connectivity index (χ3v) is 5.46. The molecule has 1 aromatic carbocycles. The third-order valence-electron chi connectivity index (χ3n) is 5.46. The van der Waals surface area contributed by atoms with Gasteiger partial charge in [0.25, 0.3) is 6.54 Å². The molecular weight excluding hydrogens is 383 g/mol. The van der Waals surface area contributed by atoms with Crippen LogP contribution in [0.3, 0.4) is 0 Å². The van der Waals surface area contributed by atoms with E-state index in [9.17, 15) is 19.7 Å². The molecule has 0 radical (unpaired) electrons. The summed E-state index contributed by atoms with van der Waals surface area (Å²) >= 11 is 0. The summed E-state index contributed by atoms with van der Waals surface area (Å²) in [6.07, 6.45) is 3.72. The van der Waals surface area contributed by atoms with E-state index in [0.717, 1.165) is 18.9 Å². The zero-order valence-corrected chi connectivity index (χ0v) is 15.9. The first kappa shape index (κ1) is 19.3. The number of carbonyl (C=O) groups is 1. The van der Waals surface area contributed by atoms with E-state index in [1.54, 1.807) is 9.47 Å². The third kappa shape index (κ3) is 3.33. The minimum absolute atomic E-state index is 0.0207. The normalized spacial score (nSPS) is 19.0. The molecule has 1 aliphatic heterocycles. The molecule has 2 aromatic rings. The Morgan fingerprint density at radius 3 is 2.69 bits per heavy atom. The number of nitro groups is 1. The number of fused-ring (bicyclic) bond motifs is 1. The van der Waals surface area contributed by atoms with Gasteiger partial charge in [0.2, 0.25) is 11.2 Å². The average molecular weight is 404 g/mol. The van der Waals surface area contributed by atoms with Gasteiger partial charge in [0.15, 0.2) is 11.6 Å². The zero-order valence-electron chi connectivity index (χ0n) is 15.9. The van der Waals surface area contributed by atoms with Gasteiger partial charge >= 0.3 is 0 Å². The van der Waals surface area contributed by atoms with E-state index in [1.807, 2.05) is 0 Å². The van der Waals surface area contributed by atoms with E-state index in [-0.39, 0.29) is 34.5 Å². The van der Waals surface area contributed by atoms with Gasteiger partial charge in [-0.05, 0) is 25.3 Å². The van der Waals surface area contributed by atoms with Crippen molar-refractivity contribution in [2.24, 2.45) is 5.73 Å². The van der Waals surface area contributed by atoms with Gasteiger partial charge < -0.3 is 19.9 Å². The van der Waals surface area contributed by atoms with Crippen molar-refractivity contribution in [1.29, 1.82) is 0 Å². The monoisotopic (exact) mass is 404 g/mol. The molecule has 0 spiro atoms. The molecule has 9 nitrogen and oxygen atoms in total. The minimum Gasteiger partial charge on any atom is -0.492 e. The Labute approximate surface area is 165 Å². The summed E-state index contributed by atoms with van der Waals surface area (Å²) in [6.45, 7) is 0.0354. The number of nitrogens with two attached hydrogens (primary N) is 1. The number of ketones is 1. The first-order valence-corrected chi connectivity index (χ1v) is 9.42. The Bertz CT molecular complexity index is 1080. The fourth-order valence-electron chi connectivity index (χ4n) is 3.96. The highest BCUT2D eigenvalue weighted by Crippen LogP contribution is 2.44. The number of carbonyl (C=O) groups excluding carboxylic acids is 1. The number of anilines is 1. The van der Waals surface area contributed by atoms with Crippen LogP contribution in [0.5, 0.6) is 5.75 Å². The molecule has 1 atom stereocenters. The molecule has 1 unspecified atom stereocenters. The molecule has 0 bridgehead atoms. The topological polar surface area (TPSA) is 121 Å². The van der Waals surface area contributed by atoms with E-state index < -0.39 is 28.5 Å². The number of Topliss-reactive ketones (excluding diaryl/α,β-unsaturated/α-hetero) is 1. The predicted molar refractivity (Wildman–Crippen MR) is 104 cm³/mol. The van der Waals surface area contributed by atoms with Crippen LogP contribution in [-0.2, 0) is 0 Å². The Balaban J connectivity index is 1.99. The van der Waals surface area contributed by atoms with E-state index in [0.29, 0.717) is 25.0 Å². The molecule has 2 aliphatic rings. The van der Waals surface area contributed by atoms with Crippen molar-refractivity contribution in [1.82, 2.24) is 4.57 Å². The Kier molecular flexibility index (Phi) is 4.73. The van der Waals surface area contributed by atoms with E-state index in [2.05, 4.69) is 0 Å². The maximum absolute atomic E-state index is 15.1. The van der Waals surface area contributed by atoms with Gasteiger partial charge in [-0.3, -0.25) is 19.7 Å². The summed E-state index contributed by atoms with van der Waals surface area (Å²) in [6, 6.07) is 1.04. The standard InChI is InChI=1S/C19H21FN4O5/c1-29-19-16-12(6-14(20)17(19)22-5-4-10(21)7-22)18(26)13(15(25)9-24(27)28)8-23(16)11-2-3-11/h6,8,10-11H,2-5,7,9,21H2,1H3. The maximum atomic E-state index is 15.1. The lowest BCUT2D eigenvalue weighted by Crippen LogP contribution is -2.28. The number of benzene rings is 1. The number of aromatic nitrogens is 1. The van der Waals surface area contributed by atoms with Crippen molar-refractivity contribution in [3.8, 4) is 5.75 Å². The SMILES string of the molecule is COc1c(N2CCC(N)C2)c(F)cc2c(=O)c(C(=O)C[N+](=O)[O-])cn(C3CC3)c12. The highest BCUT2D eigenvalue weighted by Gasteiger charge is 2.33. The van der Waals surface area contributed by atoms with Crippen LogP contribution in [0.2, 0.25) is 0 Å². The lowest BCUT2D eigenvalue weighted by atomic mass is 10.1. The predicted octanol–water partition coefficient (Wildman–Crippen LogP) is 1.48. The molecule has 1 aliphatic carbocycles. The fourth-order valence-corrected chi connectivity index (χ4v) is 3.96. The summed E-state index contributed by atoms with van der Waals surface area (Å²) in [5.74, 6) is -1.33. The molecule has 4 rings (SSSR count). The molecule has 10 heteroatoms. The lowest BCUT2D eigenvalue weighted by molar-refractivity contribution is -0.465. The highest BCUT2D eigenvalue weighted by molar-refractivity contribution is 6.01. The molecule has 1 saturated carbocycles. The first-order chi connectivity index (χ1) is 13.8. The van der Waals surface area contributed by atoms with E-state index >= 15 is 4.39 Å². The smallest absolute Gasteiger partial charge is 0.266 e. The number of hydrogen-bond acceptors (Lipinski definition) is 7. The van der Waals surface area contributed by atoms with Crippen molar-refractivity contribution in [2.45, 2.75) is 31.3 Å². The molecule has 2 fully saturated rings. The van der Waals surface area contributed by atoms with Crippen LogP contribution in [-0.4, -0.2) is 48.1 Å². The lowest BCUT2D eigenvalue weighted by Gasteiger charge is -2.24. The van der Waals surface area contributed by atoms with Crippen molar-refractivity contribution in [3.63, 3.8) is 0 Å². The summed E-state index contributed by atoms with van der Waals surface area (Å²) in [7, 11) is 1.40. The van der Waals surface area contributed by atoms with Crippen LogP contribution in [0.25, 0.3) is 10.9 Å². The number of hydrogen-bond donors (Lipinski definition) is 1. The van der Waals surface area contributed by atoms with Crippen LogP contribution in [0.1, 0.15) is 35.7 Å². The van der Waals surface area contributed by atoms with Crippen molar-refractivity contribution in [3.05, 3.63) is 44.0 Å². The molecule has 29 heavy (non-hydrogen) atoms. The molecule has 1 saturated heterocycles. The molecule has 2 N–H and O–H groups in total. The van der Waals surface area contributed by atoms with Gasteiger partial charge in [-0.2, -0.15) is 0 Å². The number of halogens is 1. The Hall–Kier alpha value is -3.01. The van der Waals surface area contributed by atoms with Gasteiger partial charge in [0.05, 0.1) is 23.6 Å². The second-order valence-electron chi connectivity index (χ2n) is 7.56. The molecular formula is C19H21FN4O5. The van der Waals surface area contributed by atoms with Crippen LogP contribution in [0.4, 0.5) is 10.1 Å². The quantitative estimate of drug-likeness (QED) is 0.440. The number of ether oxygens (including phenoxy) is 1. The van der Waals surface area contributed by atoms with Crippen LogP contribution >= 0.6 is 0 Å². The summed E-state index contributed by atoms with van der Waals surface area (Å²) in [4.78, 5) is 37.0. The second-order valence-corrected chi connectivity index (χ2v) is 7.56. The zero-order chi connectivity index (χ0) is 20.9. The number of methoxy groups -OCH3 is 1. The van der Waals surface area contributed by atoms with Gasteiger partial charge in [0.1, 0.15) is 5.69 Å². The summed E-state index contributed by atoms with van der Waals surface area (Å²) in [5.41, 5.74) is 5.57. The molecule has 154 valence electrons. The number of pyridine rings is 1. The van der Waals surface area contributed by atoms with Gasteiger partial charge in [0, 0.05) is 36.3 Å². The summed E-state index contributed by atoms with van der Waals surface area (Å²) < 4.78 is 22.4. The highest BCUT2D eigenvalue weighted by atomic mass is 19.1. The Morgan fingerprint density at radius 2 is 2.14 bits per heavy atom. The number of rotatable bonds is 6. The second kappa shape index (κ2) is 7.11. The molecule has 2 heterocycles. The van der Waals surface area contributed by atoms with Crippen molar-refractivity contribution in [2.75, 3.05) is 31.6 Å². The largest absolute Gasteiger partial charge is 0.492 e. The van der Waals surface area contributed by atoms with Gasteiger partial charge in [-0.25, -0.2) is 4.39 Å². The molecule has 1 aromatic heterocycles. The fraction of sp³-hybridized carbons (Fsp3) is 0.474. The number of nitrogens with zero attached hydrogens (tertiary/aromatic N) is 3. The molecule has 0 amide bonds. The van der Waals surface area contributed by atoms with Gasteiger partial charge in [-0.15, -0.1) is 0 Å². The maximum Gasteiger partial charge on any atom is 0.266 e. The summed E-state index contributed by atoms with van der Waals surface area (Å²) in [5, 5.41) is 10.7. The van der Waals surface area contributed by atoms with Crippen LogP contribution in [0.15, 0.2) is 17.1 Å². The van der Waals surface area contributed by atoms with Crippen LogP contribution in [0, 0.1) is 15.9 Å². The minimum atomic E-state index is -0.991. The van der Waals surface area contributed by atoms with E-state index in [1.165, 1.54) is 13.3 Å². The van der Waals surface area contributed by atoms with Crippen molar-refractivity contribution >= 4 is 22.4 Å². The Morgan fingerprint density at radius 1 is 1.41 bits per heavy atom. The van der Waals surface area contributed by atoms with E-state index in [4.69, 9.17) is 10.5 Å². The average Bonchev–Trinajstić information content (AvgIpc) is 3.41. The van der Waals surface area contributed by atoms with Crippen molar-refractivity contribution < 1.29 is 18.8 Å². The first-order valence-electron chi connectivity index (χ1n) is 9.42. The van der Waals surface area contributed by atoms with Crippen LogP contribution < -0.4 is 20.8 Å².